The van der Waals surface area contributed by atoms with E-state index < -0.39 is 6.10 Å². The molecule has 0 radical (unpaired) electrons. The number of ether oxygens (including phenoxy) is 3. The van der Waals surface area contributed by atoms with Gasteiger partial charge in [-0.15, -0.1) is 0 Å². The van der Waals surface area contributed by atoms with Crippen molar-refractivity contribution in [2.75, 3.05) is 13.2 Å². The number of hydrogen-bond donors (Lipinski definition) is 0. The highest BCUT2D eigenvalue weighted by atomic mass is 16.6. The molecule has 0 heterocycles. The van der Waals surface area contributed by atoms with Crippen LogP contribution < -0.4 is 0 Å². The quantitative estimate of drug-likeness (QED) is 0.0343. The average Bonchev–Trinajstić information content (AvgIpc) is 3.34. The number of rotatable bonds is 56. The first-order valence-electron chi connectivity index (χ1n) is 30.8. The molecule has 0 aromatic rings. The predicted molar refractivity (Wildman–Crippen MR) is 293 cm³/mol. The molecule has 68 heavy (non-hydrogen) atoms. The summed E-state index contributed by atoms with van der Waals surface area (Å²) in [6, 6.07) is 0. The largest absolute Gasteiger partial charge is 0.462 e. The zero-order valence-electron chi connectivity index (χ0n) is 46.7. The Kier molecular flexibility index (Phi) is 53.5. The molecule has 0 aromatic heterocycles. The summed E-state index contributed by atoms with van der Waals surface area (Å²) in [6.45, 7) is 11.5. The van der Waals surface area contributed by atoms with Gasteiger partial charge in [-0.2, -0.15) is 0 Å². The topological polar surface area (TPSA) is 78.9 Å². The third kappa shape index (κ3) is 52.2. The Morgan fingerprint density at radius 2 is 0.515 bits per heavy atom. The summed E-state index contributed by atoms with van der Waals surface area (Å²) in [4.78, 5) is 38.2. The lowest BCUT2D eigenvalue weighted by atomic mass is 9.99. The summed E-state index contributed by atoms with van der Waals surface area (Å²) < 4.78 is 16.9. The van der Waals surface area contributed by atoms with E-state index in [-0.39, 0.29) is 31.1 Å². The molecule has 0 aromatic carbocycles. The summed E-state index contributed by atoms with van der Waals surface area (Å²) in [5.74, 6) is 0.956. The fraction of sp³-hybridized carbons (Fsp3) is 0.952. The predicted octanol–water partition coefficient (Wildman–Crippen LogP) is 20.4. The molecule has 0 fully saturated rings. The molecule has 0 aliphatic carbocycles. The van der Waals surface area contributed by atoms with Crippen LogP contribution in [0.2, 0.25) is 0 Å². The number of carbonyl (C=O) groups is 3. The smallest absolute Gasteiger partial charge is 0.306 e. The Labute approximate surface area is 425 Å². The van der Waals surface area contributed by atoms with E-state index in [1.54, 1.807) is 0 Å². The second-order valence-corrected chi connectivity index (χ2v) is 21.8. The van der Waals surface area contributed by atoms with Crippen LogP contribution in [0.5, 0.6) is 0 Å². The van der Waals surface area contributed by atoms with Crippen molar-refractivity contribution in [1.29, 1.82) is 0 Å². The normalized spacial score (nSPS) is 12.8. The fourth-order valence-corrected chi connectivity index (χ4v) is 9.52. The van der Waals surface area contributed by atoms with Crippen molar-refractivity contribution in [2.24, 2.45) is 11.8 Å². The van der Waals surface area contributed by atoms with Crippen molar-refractivity contribution in [3.63, 3.8) is 0 Å². The van der Waals surface area contributed by atoms with Crippen LogP contribution in [-0.2, 0) is 28.6 Å². The SMILES string of the molecule is CCCCCCCCCCCCCCCCC(=O)OC[C@H](COC(=O)CCCCCCCCCCCCCCCCC(C)CC)OC(=O)CCCCCCCCCCCCCCCCC(C)CC. The third-order valence-electron chi connectivity index (χ3n) is 14.9. The van der Waals surface area contributed by atoms with Crippen LogP contribution in [0, 0.1) is 11.8 Å². The summed E-state index contributed by atoms with van der Waals surface area (Å²) in [7, 11) is 0. The van der Waals surface area contributed by atoms with Gasteiger partial charge in [0.15, 0.2) is 6.10 Å². The minimum absolute atomic E-state index is 0.0621. The molecule has 404 valence electrons. The zero-order valence-corrected chi connectivity index (χ0v) is 46.7. The van der Waals surface area contributed by atoms with Gasteiger partial charge in [-0.05, 0) is 31.1 Å². The average molecular weight is 962 g/mol. The Hall–Kier alpha value is -1.59. The van der Waals surface area contributed by atoms with Gasteiger partial charge in [0.2, 0.25) is 0 Å². The molecule has 6 heteroatoms. The maximum absolute atomic E-state index is 12.9. The van der Waals surface area contributed by atoms with Crippen molar-refractivity contribution in [2.45, 2.75) is 355 Å². The van der Waals surface area contributed by atoms with E-state index in [2.05, 4.69) is 34.6 Å². The first-order valence-corrected chi connectivity index (χ1v) is 30.8. The Morgan fingerprint density at radius 3 is 0.765 bits per heavy atom. The molecular weight excluding hydrogens is 841 g/mol. The van der Waals surface area contributed by atoms with Gasteiger partial charge in [0, 0.05) is 19.3 Å². The van der Waals surface area contributed by atoms with E-state index in [1.165, 1.54) is 238 Å². The monoisotopic (exact) mass is 961 g/mol. The van der Waals surface area contributed by atoms with Gasteiger partial charge in [0.25, 0.3) is 0 Å². The van der Waals surface area contributed by atoms with Crippen LogP contribution in [0.3, 0.4) is 0 Å². The molecular formula is C62H120O6. The van der Waals surface area contributed by atoms with Crippen molar-refractivity contribution < 1.29 is 28.6 Å². The van der Waals surface area contributed by atoms with Crippen LogP contribution in [0.25, 0.3) is 0 Å². The number of hydrogen-bond acceptors (Lipinski definition) is 6. The van der Waals surface area contributed by atoms with Crippen LogP contribution >= 0.6 is 0 Å². The van der Waals surface area contributed by atoms with E-state index in [1.807, 2.05) is 0 Å². The molecule has 0 spiro atoms. The van der Waals surface area contributed by atoms with Crippen molar-refractivity contribution in [3.8, 4) is 0 Å². The number of unbranched alkanes of at least 4 members (excludes halogenated alkanes) is 39. The van der Waals surface area contributed by atoms with Crippen molar-refractivity contribution in [3.05, 3.63) is 0 Å². The molecule has 0 amide bonds. The molecule has 0 bridgehead atoms. The maximum Gasteiger partial charge on any atom is 0.306 e. The van der Waals surface area contributed by atoms with Gasteiger partial charge in [-0.3, -0.25) is 14.4 Å². The summed E-state index contributed by atoms with van der Waals surface area (Å²) in [5.41, 5.74) is 0. The highest BCUT2D eigenvalue weighted by Gasteiger charge is 2.19. The summed E-state index contributed by atoms with van der Waals surface area (Å²) in [5, 5.41) is 0. The minimum atomic E-state index is -0.763. The molecule has 0 aliphatic rings. The van der Waals surface area contributed by atoms with Crippen LogP contribution in [0.1, 0.15) is 349 Å². The lowest BCUT2D eigenvalue weighted by Gasteiger charge is -2.18. The van der Waals surface area contributed by atoms with Gasteiger partial charge in [-0.25, -0.2) is 0 Å². The summed E-state index contributed by atoms with van der Waals surface area (Å²) in [6.07, 6.45) is 59.4. The van der Waals surface area contributed by atoms with Gasteiger partial charge >= 0.3 is 17.9 Å². The Bertz CT molecular complexity index is 1040. The maximum atomic E-state index is 12.9. The lowest BCUT2D eigenvalue weighted by Crippen LogP contribution is -2.30. The van der Waals surface area contributed by atoms with Gasteiger partial charge in [0.05, 0.1) is 0 Å². The van der Waals surface area contributed by atoms with Crippen LogP contribution in [-0.4, -0.2) is 37.2 Å². The second-order valence-electron chi connectivity index (χ2n) is 21.8. The second kappa shape index (κ2) is 54.7. The van der Waals surface area contributed by atoms with Crippen molar-refractivity contribution >= 4 is 17.9 Å². The molecule has 0 rings (SSSR count). The van der Waals surface area contributed by atoms with E-state index >= 15 is 0 Å². The van der Waals surface area contributed by atoms with Gasteiger partial charge in [0.1, 0.15) is 13.2 Å². The summed E-state index contributed by atoms with van der Waals surface area (Å²) >= 11 is 0. The molecule has 0 aliphatic heterocycles. The van der Waals surface area contributed by atoms with Gasteiger partial charge in [-0.1, -0.05) is 311 Å². The van der Waals surface area contributed by atoms with E-state index in [0.29, 0.717) is 19.3 Å². The number of carbonyl (C=O) groups excluding carboxylic acids is 3. The van der Waals surface area contributed by atoms with E-state index in [0.717, 1.165) is 69.6 Å². The first kappa shape index (κ1) is 66.4. The van der Waals surface area contributed by atoms with Crippen LogP contribution in [0.4, 0.5) is 0 Å². The molecule has 0 saturated heterocycles. The van der Waals surface area contributed by atoms with Gasteiger partial charge < -0.3 is 14.2 Å². The van der Waals surface area contributed by atoms with E-state index in [4.69, 9.17) is 14.2 Å². The standard InChI is InChI=1S/C62H120O6/c1-6-9-10-11-12-13-14-15-22-27-32-37-42-47-52-60(63)66-55-59(68-62(65)54-49-44-39-34-29-24-19-17-21-26-31-36-41-46-51-58(5)8-3)56-67-61(64)53-48-43-38-33-28-23-18-16-20-25-30-35-40-45-50-57(4)7-2/h57-59H,6-56H2,1-5H3/t57?,58?,59-/m1/s1. The number of esters is 3. The Morgan fingerprint density at radius 1 is 0.294 bits per heavy atom. The Balaban J connectivity index is 4.30. The first-order chi connectivity index (χ1) is 33.3. The third-order valence-corrected chi connectivity index (χ3v) is 14.9. The molecule has 2 unspecified atom stereocenters. The lowest BCUT2D eigenvalue weighted by molar-refractivity contribution is -0.167. The molecule has 3 atom stereocenters. The van der Waals surface area contributed by atoms with Crippen LogP contribution in [0.15, 0.2) is 0 Å². The molecule has 6 nitrogen and oxygen atoms in total. The highest BCUT2D eigenvalue weighted by Crippen LogP contribution is 2.19. The van der Waals surface area contributed by atoms with E-state index in [9.17, 15) is 14.4 Å². The molecule has 0 saturated carbocycles. The highest BCUT2D eigenvalue weighted by molar-refractivity contribution is 5.71. The molecule has 0 N–H and O–H groups in total. The van der Waals surface area contributed by atoms with Crippen molar-refractivity contribution in [1.82, 2.24) is 0 Å². The minimum Gasteiger partial charge on any atom is -0.462 e. The fourth-order valence-electron chi connectivity index (χ4n) is 9.52. The zero-order chi connectivity index (χ0) is 49.6.